The number of pyridine rings is 1. The first-order valence-corrected chi connectivity index (χ1v) is 7.86. The molecule has 1 aromatic carbocycles. The Morgan fingerprint density at radius 3 is 2.54 bits per heavy atom. The molecule has 0 saturated carbocycles. The number of nitrogens with zero attached hydrogens (tertiary/aromatic N) is 3. The van der Waals surface area contributed by atoms with E-state index in [1.165, 1.54) is 18.2 Å². The number of halogens is 4. The minimum absolute atomic E-state index is 0.0626. The van der Waals surface area contributed by atoms with Crippen molar-refractivity contribution in [1.29, 1.82) is 0 Å². The molecule has 0 fully saturated rings. The van der Waals surface area contributed by atoms with Gasteiger partial charge in [-0.15, -0.1) is 0 Å². The molecule has 134 valence electrons. The molecule has 2 heterocycles. The fourth-order valence-electron chi connectivity index (χ4n) is 2.30. The van der Waals surface area contributed by atoms with Crippen LogP contribution in [-0.2, 0) is 6.18 Å². The zero-order valence-corrected chi connectivity index (χ0v) is 14.2. The molecule has 0 atom stereocenters. The van der Waals surface area contributed by atoms with Crippen molar-refractivity contribution in [3.05, 3.63) is 59.4 Å². The quantitative estimate of drug-likeness (QED) is 0.668. The lowest BCUT2D eigenvalue weighted by molar-refractivity contribution is -0.136. The van der Waals surface area contributed by atoms with Crippen LogP contribution in [0.2, 0.25) is 5.02 Å². The highest BCUT2D eigenvalue weighted by Gasteiger charge is 2.34. The summed E-state index contributed by atoms with van der Waals surface area (Å²) in [4.78, 5) is 12.5. The van der Waals surface area contributed by atoms with E-state index in [1.807, 2.05) is 0 Å². The number of anilines is 3. The maximum absolute atomic E-state index is 13.3. The SMILES string of the molecule is CNc1nc(Nc2c(Cl)cccc2C(F)(F)F)cc(-c2cccnc2)n1. The van der Waals surface area contributed by atoms with Crippen LogP contribution in [0.4, 0.5) is 30.6 Å². The molecule has 9 heteroatoms. The van der Waals surface area contributed by atoms with Gasteiger partial charge in [0.05, 0.1) is 22.0 Å². The van der Waals surface area contributed by atoms with Crippen LogP contribution in [0.5, 0.6) is 0 Å². The number of para-hydroxylation sites is 1. The van der Waals surface area contributed by atoms with Crippen molar-refractivity contribution < 1.29 is 13.2 Å². The number of rotatable bonds is 4. The topological polar surface area (TPSA) is 62.7 Å². The Bertz CT molecular complexity index is 916. The van der Waals surface area contributed by atoms with Gasteiger partial charge >= 0.3 is 6.18 Å². The molecule has 0 aliphatic carbocycles. The molecule has 0 unspecified atom stereocenters. The molecule has 2 aromatic heterocycles. The molecule has 0 saturated heterocycles. The summed E-state index contributed by atoms with van der Waals surface area (Å²) in [6, 6.07) is 8.63. The second kappa shape index (κ2) is 7.17. The van der Waals surface area contributed by atoms with Gasteiger partial charge in [0, 0.05) is 31.1 Å². The van der Waals surface area contributed by atoms with Crippen LogP contribution in [0.15, 0.2) is 48.8 Å². The van der Waals surface area contributed by atoms with Crippen molar-refractivity contribution in [2.24, 2.45) is 0 Å². The number of hydrogen-bond donors (Lipinski definition) is 2. The molecular formula is C17H13ClF3N5. The summed E-state index contributed by atoms with van der Waals surface area (Å²) >= 11 is 5.98. The number of hydrogen-bond acceptors (Lipinski definition) is 5. The molecule has 26 heavy (non-hydrogen) atoms. The van der Waals surface area contributed by atoms with E-state index in [0.717, 1.165) is 6.07 Å². The highest BCUT2D eigenvalue weighted by molar-refractivity contribution is 6.33. The molecule has 3 aromatic rings. The average Bonchev–Trinajstić information content (AvgIpc) is 2.63. The van der Waals surface area contributed by atoms with Crippen molar-refractivity contribution in [3.8, 4) is 11.3 Å². The summed E-state index contributed by atoms with van der Waals surface area (Å²) in [5, 5.41) is 5.39. The van der Waals surface area contributed by atoms with Gasteiger partial charge in [-0.3, -0.25) is 4.98 Å². The average molecular weight is 380 g/mol. The van der Waals surface area contributed by atoms with Crippen LogP contribution in [-0.4, -0.2) is 22.0 Å². The summed E-state index contributed by atoms with van der Waals surface area (Å²) < 4.78 is 39.8. The number of alkyl halides is 3. The van der Waals surface area contributed by atoms with Crippen LogP contribution in [0, 0.1) is 0 Å². The van der Waals surface area contributed by atoms with Gasteiger partial charge < -0.3 is 10.6 Å². The van der Waals surface area contributed by atoms with Gasteiger partial charge in [-0.1, -0.05) is 17.7 Å². The second-order valence-corrected chi connectivity index (χ2v) is 5.65. The Hall–Kier alpha value is -2.87. The molecule has 2 N–H and O–H groups in total. The normalized spacial score (nSPS) is 11.3. The number of benzene rings is 1. The standard InChI is InChI=1S/C17H13ClF3N5/c1-22-16-24-13(10-4-3-7-23-9-10)8-14(26-16)25-15-11(17(19,20)21)5-2-6-12(15)18/h2-9H,1H3,(H2,22,24,25,26). The van der Waals surface area contributed by atoms with E-state index in [0.29, 0.717) is 11.3 Å². The molecule has 0 aliphatic rings. The molecular weight excluding hydrogens is 367 g/mol. The van der Waals surface area contributed by atoms with Crippen LogP contribution in [0.1, 0.15) is 5.56 Å². The van der Waals surface area contributed by atoms with E-state index in [4.69, 9.17) is 11.6 Å². The third-order valence-electron chi connectivity index (χ3n) is 3.48. The minimum atomic E-state index is -4.56. The zero-order chi connectivity index (χ0) is 18.7. The summed E-state index contributed by atoms with van der Waals surface area (Å²) in [7, 11) is 1.61. The number of nitrogens with one attached hydrogen (secondary N) is 2. The Balaban J connectivity index is 2.07. The third kappa shape index (κ3) is 3.85. The lowest BCUT2D eigenvalue weighted by Crippen LogP contribution is -2.10. The lowest BCUT2D eigenvalue weighted by atomic mass is 10.1. The van der Waals surface area contributed by atoms with Crippen molar-refractivity contribution in [2.45, 2.75) is 6.18 Å². The Kier molecular flexibility index (Phi) is 4.94. The fraction of sp³-hybridized carbons (Fsp3) is 0.118. The van der Waals surface area contributed by atoms with Crippen LogP contribution in [0.3, 0.4) is 0 Å². The first kappa shape index (κ1) is 17.9. The van der Waals surface area contributed by atoms with Crippen molar-refractivity contribution >= 4 is 29.1 Å². The summed E-state index contributed by atoms with van der Waals surface area (Å²) in [6.07, 6.45) is -1.34. The Morgan fingerprint density at radius 2 is 1.88 bits per heavy atom. The predicted octanol–water partition coefficient (Wildman–Crippen LogP) is 5.00. The van der Waals surface area contributed by atoms with Gasteiger partial charge in [-0.05, 0) is 24.3 Å². The molecule has 5 nitrogen and oxygen atoms in total. The largest absolute Gasteiger partial charge is 0.418 e. The van der Waals surface area contributed by atoms with E-state index in [2.05, 4.69) is 25.6 Å². The van der Waals surface area contributed by atoms with Crippen molar-refractivity contribution in [2.75, 3.05) is 17.7 Å². The Morgan fingerprint density at radius 1 is 1.08 bits per heavy atom. The predicted molar refractivity (Wildman–Crippen MR) is 94.5 cm³/mol. The second-order valence-electron chi connectivity index (χ2n) is 5.24. The maximum atomic E-state index is 13.3. The van der Waals surface area contributed by atoms with E-state index in [9.17, 15) is 13.2 Å². The molecule has 0 spiro atoms. The number of aromatic nitrogens is 3. The van der Waals surface area contributed by atoms with Gasteiger partial charge in [-0.25, -0.2) is 4.98 Å². The van der Waals surface area contributed by atoms with Gasteiger partial charge in [0.2, 0.25) is 5.95 Å². The van der Waals surface area contributed by atoms with E-state index in [-0.39, 0.29) is 22.5 Å². The fourth-order valence-corrected chi connectivity index (χ4v) is 2.52. The monoisotopic (exact) mass is 379 g/mol. The first-order chi connectivity index (χ1) is 12.4. The van der Waals surface area contributed by atoms with Gasteiger partial charge in [0.25, 0.3) is 0 Å². The highest BCUT2D eigenvalue weighted by atomic mass is 35.5. The molecule has 0 bridgehead atoms. The van der Waals surface area contributed by atoms with Gasteiger partial charge in [-0.2, -0.15) is 18.2 Å². The van der Waals surface area contributed by atoms with Gasteiger partial charge in [0.15, 0.2) is 0 Å². The van der Waals surface area contributed by atoms with Crippen LogP contribution < -0.4 is 10.6 Å². The minimum Gasteiger partial charge on any atom is -0.357 e. The smallest absolute Gasteiger partial charge is 0.357 e. The van der Waals surface area contributed by atoms with Gasteiger partial charge in [0.1, 0.15) is 5.82 Å². The highest BCUT2D eigenvalue weighted by Crippen LogP contribution is 2.39. The molecule has 0 amide bonds. The van der Waals surface area contributed by atoms with Crippen LogP contribution >= 0.6 is 11.6 Å². The van der Waals surface area contributed by atoms with Crippen molar-refractivity contribution in [1.82, 2.24) is 15.0 Å². The van der Waals surface area contributed by atoms with E-state index in [1.54, 1.807) is 31.6 Å². The lowest BCUT2D eigenvalue weighted by Gasteiger charge is -2.16. The van der Waals surface area contributed by atoms with Crippen LogP contribution in [0.25, 0.3) is 11.3 Å². The Labute approximate surface area is 152 Å². The third-order valence-corrected chi connectivity index (χ3v) is 3.79. The molecule has 3 rings (SSSR count). The molecule has 0 aliphatic heterocycles. The zero-order valence-electron chi connectivity index (χ0n) is 13.5. The summed E-state index contributed by atoms with van der Waals surface area (Å²) in [5.74, 6) is 0.413. The summed E-state index contributed by atoms with van der Waals surface area (Å²) in [6.45, 7) is 0. The first-order valence-electron chi connectivity index (χ1n) is 7.48. The maximum Gasteiger partial charge on any atom is 0.418 e. The van der Waals surface area contributed by atoms with Crippen molar-refractivity contribution in [3.63, 3.8) is 0 Å². The molecule has 0 radical (unpaired) electrons. The van der Waals surface area contributed by atoms with E-state index >= 15 is 0 Å². The van der Waals surface area contributed by atoms with E-state index < -0.39 is 11.7 Å². The summed E-state index contributed by atoms with van der Waals surface area (Å²) in [5.41, 5.74) is 0.0577.